The van der Waals surface area contributed by atoms with E-state index in [9.17, 15) is 4.79 Å². The van der Waals surface area contributed by atoms with Gasteiger partial charge in [0.25, 0.3) is 0 Å². The number of nitrogens with two attached hydrogens (primary N) is 1. The van der Waals surface area contributed by atoms with Gasteiger partial charge in [0.1, 0.15) is 0 Å². The van der Waals surface area contributed by atoms with E-state index in [0.29, 0.717) is 31.5 Å². The predicted octanol–water partition coefficient (Wildman–Crippen LogP) is 2.70. The fraction of sp³-hybridized carbons (Fsp3) is 0.588. The highest BCUT2D eigenvalue weighted by Gasteiger charge is 2.32. The summed E-state index contributed by atoms with van der Waals surface area (Å²) in [5, 5.41) is 0. The lowest BCUT2D eigenvalue weighted by Gasteiger charge is -2.35. The summed E-state index contributed by atoms with van der Waals surface area (Å²) in [4.78, 5) is 14.3. The molecule has 2 rings (SSSR count). The minimum absolute atomic E-state index is 0.206. The van der Waals surface area contributed by atoms with E-state index in [-0.39, 0.29) is 5.91 Å². The van der Waals surface area contributed by atoms with E-state index in [4.69, 9.17) is 10.5 Å². The Labute approximate surface area is 127 Å². The molecule has 21 heavy (non-hydrogen) atoms. The fourth-order valence-electron chi connectivity index (χ4n) is 2.89. The summed E-state index contributed by atoms with van der Waals surface area (Å²) >= 11 is 0. The molecular weight excluding hydrogens is 264 g/mol. The second-order valence-electron chi connectivity index (χ2n) is 5.63. The van der Waals surface area contributed by atoms with E-state index in [2.05, 4.69) is 0 Å². The van der Waals surface area contributed by atoms with Crippen molar-refractivity contribution in [1.82, 2.24) is 0 Å². The number of hydrogen-bond donors (Lipinski definition) is 1. The number of anilines is 1. The van der Waals surface area contributed by atoms with Crippen LogP contribution in [-0.2, 0) is 16.1 Å². The molecule has 4 heteroatoms. The molecule has 0 bridgehead atoms. The SMILES string of the molecule is CCOC1CC(CC(=O)N(CC)c2ccc(CN)cc2)C1. The van der Waals surface area contributed by atoms with Crippen LogP contribution in [0.2, 0.25) is 0 Å². The number of ether oxygens (including phenoxy) is 1. The Kier molecular flexibility index (Phi) is 5.76. The van der Waals surface area contributed by atoms with Gasteiger partial charge in [-0.05, 0) is 50.3 Å². The van der Waals surface area contributed by atoms with Gasteiger partial charge < -0.3 is 15.4 Å². The number of carbonyl (C=O) groups is 1. The van der Waals surface area contributed by atoms with E-state index in [1.165, 1.54) is 0 Å². The van der Waals surface area contributed by atoms with E-state index in [1.807, 2.05) is 43.0 Å². The van der Waals surface area contributed by atoms with Crippen LogP contribution in [0.4, 0.5) is 5.69 Å². The molecule has 1 saturated carbocycles. The summed E-state index contributed by atoms with van der Waals surface area (Å²) in [5.41, 5.74) is 7.65. The molecule has 0 aliphatic heterocycles. The highest BCUT2D eigenvalue weighted by atomic mass is 16.5. The van der Waals surface area contributed by atoms with Crippen molar-refractivity contribution >= 4 is 11.6 Å². The maximum atomic E-state index is 12.5. The molecule has 0 spiro atoms. The minimum Gasteiger partial charge on any atom is -0.378 e. The molecule has 0 radical (unpaired) electrons. The third-order valence-electron chi connectivity index (χ3n) is 4.16. The average Bonchev–Trinajstić information content (AvgIpc) is 2.46. The van der Waals surface area contributed by atoms with E-state index >= 15 is 0 Å². The number of hydrogen-bond acceptors (Lipinski definition) is 3. The number of benzene rings is 1. The molecule has 0 aromatic heterocycles. The molecule has 1 aromatic rings. The lowest BCUT2D eigenvalue weighted by atomic mass is 9.79. The van der Waals surface area contributed by atoms with Gasteiger partial charge in [-0.3, -0.25) is 4.79 Å². The summed E-state index contributed by atoms with van der Waals surface area (Å²) in [6.45, 7) is 6.02. The first-order chi connectivity index (χ1) is 10.2. The Bertz CT molecular complexity index is 452. The van der Waals surface area contributed by atoms with Crippen molar-refractivity contribution < 1.29 is 9.53 Å². The van der Waals surface area contributed by atoms with Crippen molar-refractivity contribution in [3.05, 3.63) is 29.8 Å². The van der Waals surface area contributed by atoms with Gasteiger partial charge in [0.2, 0.25) is 5.91 Å². The maximum absolute atomic E-state index is 12.5. The Morgan fingerprint density at radius 3 is 2.48 bits per heavy atom. The van der Waals surface area contributed by atoms with Crippen LogP contribution in [0.25, 0.3) is 0 Å². The summed E-state index contributed by atoms with van der Waals surface area (Å²) in [5.74, 6) is 0.685. The zero-order valence-electron chi connectivity index (χ0n) is 13.0. The van der Waals surface area contributed by atoms with Gasteiger partial charge in [0, 0.05) is 31.8 Å². The third-order valence-corrected chi connectivity index (χ3v) is 4.16. The van der Waals surface area contributed by atoms with Crippen molar-refractivity contribution in [3.63, 3.8) is 0 Å². The van der Waals surface area contributed by atoms with Crippen molar-refractivity contribution in [2.24, 2.45) is 11.7 Å². The number of rotatable bonds is 7. The molecule has 1 aliphatic rings. The standard InChI is InChI=1S/C17H26N2O2/c1-3-19(15-7-5-13(12-18)6-8-15)17(20)11-14-9-16(10-14)21-4-2/h5-8,14,16H,3-4,9-12,18H2,1-2H3. The predicted molar refractivity (Wildman–Crippen MR) is 85.1 cm³/mol. The minimum atomic E-state index is 0.206. The third kappa shape index (κ3) is 4.05. The molecule has 1 aromatic carbocycles. The zero-order valence-corrected chi connectivity index (χ0v) is 13.0. The summed E-state index contributed by atoms with van der Waals surface area (Å²) in [6, 6.07) is 7.93. The number of amides is 1. The first-order valence-electron chi connectivity index (χ1n) is 7.88. The van der Waals surface area contributed by atoms with Crippen molar-refractivity contribution in [1.29, 1.82) is 0 Å². The van der Waals surface area contributed by atoms with Gasteiger partial charge >= 0.3 is 0 Å². The van der Waals surface area contributed by atoms with Crippen LogP contribution in [0.15, 0.2) is 24.3 Å². The van der Waals surface area contributed by atoms with E-state index in [1.54, 1.807) is 0 Å². The molecule has 2 N–H and O–H groups in total. The van der Waals surface area contributed by atoms with Crippen LogP contribution >= 0.6 is 0 Å². The van der Waals surface area contributed by atoms with Crippen LogP contribution in [0.5, 0.6) is 0 Å². The Hall–Kier alpha value is -1.39. The number of carbonyl (C=O) groups excluding carboxylic acids is 1. The van der Waals surface area contributed by atoms with Gasteiger partial charge in [-0.2, -0.15) is 0 Å². The molecule has 0 atom stereocenters. The normalized spacial score (nSPS) is 20.9. The Morgan fingerprint density at radius 1 is 1.29 bits per heavy atom. The molecule has 4 nitrogen and oxygen atoms in total. The number of nitrogens with zero attached hydrogens (tertiary/aromatic N) is 1. The van der Waals surface area contributed by atoms with Crippen LogP contribution in [0.3, 0.4) is 0 Å². The van der Waals surface area contributed by atoms with Crippen LogP contribution < -0.4 is 10.6 Å². The van der Waals surface area contributed by atoms with Crippen molar-refractivity contribution in [2.75, 3.05) is 18.1 Å². The average molecular weight is 290 g/mol. The zero-order chi connectivity index (χ0) is 15.2. The fourth-order valence-corrected chi connectivity index (χ4v) is 2.89. The topological polar surface area (TPSA) is 55.6 Å². The Morgan fingerprint density at radius 2 is 1.95 bits per heavy atom. The molecule has 116 valence electrons. The largest absolute Gasteiger partial charge is 0.378 e. The molecular formula is C17H26N2O2. The van der Waals surface area contributed by atoms with Crippen LogP contribution in [0, 0.1) is 5.92 Å². The van der Waals surface area contributed by atoms with Crippen LogP contribution in [0.1, 0.15) is 38.7 Å². The summed E-state index contributed by atoms with van der Waals surface area (Å²) in [6.07, 6.45) is 3.02. The first kappa shape index (κ1) is 16.0. The van der Waals surface area contributed by atoms with Crippen molar-refractivity contribution in [2.45, 2.75) is 45.8 Å². The first-order valence-corrected chi connectivity index (χ1v) is 7.88. The second-order valence-corrected chi connectivity index (χ2v) is 5.63. The lowest BCUT2D eigenvalue weighted by molar-refractivity contribution is -0.121. The van der Waals surface area contributed by atoms with Gasteiger partial charge in [0.05, 0.1) is 6.10 Å². The van der Waals surface area contributed by atoms with E-state index < -0.39 is 0 Å². The van der Waals surface area contributed by atoms with Gasteiger partial charge in [0.15, 0.2) is 0 Å². The Balaban J connectivity index is 1.89. The molecule has 1 aliphatic carbocycles. The maximum Gasteiger partial charge on any atom is 0.227 e. The molecule has 1 fully saturated rings. The molecule has 0 unspecified atom stereocenters. The molecule has 1 amide bonds. The highest BCUT2D eigenvalue weighted by molar-refractivity contribution is 5.93. The van der Waals surface area contributed by atoms with Gasteiger partial charge in [-0.25, -0.2) is 0 Å². The lowest BCUT2D eigenvalue weighted by Crippen LogP contribution is -2.38. The summed E-state index contributed by atoms with van der Waals surface area (Å²) < 4.78 is 5.55. The van der Waals surface area contributed by atoms with Crippen molar-refractivity contribution in [3.8, 4) is 0 Å². The smallest absolute Gasteiger partial charge is 0.227 e. The molecule has 0 heterocycles. The highest BCUT2D eigenvalue weighted by Crippen LogP contribution is 2.33. The quantitative estimate of drug-likeness (QED) is 0.840. The van der Waals surface area contributed by atoms with Gasteiger partial charge in [-0.15, -0.1) is 0 Å². The van der Waals surface area contributed by atoms with Crippen LogP contribution in [-0.4, -0.2) is 25.2 Å². The van der Waals surface area contributed by atoms with Gasteiger partial charge in [-0.1, -0.05) is 12.1 Å². The summed E-state index contributed by atoms with van der Waals surface area (Å²) in [7, 11) is 0. The molecule has 0 saturated heterocycles. The van der Waals surface area contributed by atoms with E-state index in [0.717, 1.165) is 30.7 Å². The second kappa shape index (κ2) is 7.57. The monoisotopic (exact) mass is 290 g/mol.